The third kappa shape index (κ3) is 5.77. The van der Waals surface area contributed by atoms with Gasteiger partial charge in [-0.05, 0) is 48.9 Å². The zero-order valence-corrected chi connectivity index (χ0v) is 18.4. The average molecular weight is 444 g/mol. The van der Waals surface area contributed by atoms with Gasteiger partial charge in [-0.25, -0.2) is 4.98 Å². The smallest absolute Gasteiger partial charge is 0.261 e. The van der Waals surface area contributed by atoms with Crippen LogP contribution in [0.1, 0.15) is 18.3 Å². The van der Waals surface area contributed by atoms with Gasteiger partial charge >= 0.3 is 0 Å². The maximum Gasteiger partial charge on any atom is 0.261 e. The fraction of sp³-hybridized carbons (Fsp3) is 0.192. The van der Waals surface area contributed by atoms with Gasteiger partial charge in [0.25, 0.3) is 11.5 Å². The molecule has 1 aromatic heterocycles. The van der Waals surface area contributed by atoms with Gasteiger partial charge in [-0.1, -0.05) is 42.5 Å². The summed E-state index contributed by atoms with van der Waals surface area (Å²) in [4.78, 5) is 34.5. The molecule has 0 bridgehead atoms. The molecule has 33 heavy (non-hydrogen) atoms. The molecule has 7 nitrogen and oxygen atoms in total. The number of H-pyrrole nitrogens is 1. The first-order valence-corrected chi connectivity index (χ1v) is 10.8. The number of benzene rings is 3. The fourth-order valence-corrected chi connectivity index (χ4v) is 3.46. The van der Waals surface area contributed by atoms with Crippen molar-refractivity contribution >= 4 is 16.8 Å². The predicted octanol–water partition coefficient (Wildman–Crippen LogP) is 3.93. The van der Waals surface area contributed by atoms with Crippen LogP contribution in [0, 0.1) is 0 Å². The molecule has 0 spiro atoms. The number of rotatable bonds is 9. The van der Waals surface area contributed by atoms with E-state index in [1.807, 2.05) is 43.3 Å². The summed E-state index contributed by atoms with van der Waals surface area (Å²) in [6.45, 7) is 2.88. The molecule has 0 unspecified atom stereocenters. The second kappa shape index (κ2) is 10.5. The molecule has 3 aromatic carbocycles. The summed E-state index contributed by atoms with van der Waals surface area (Å²) in [5, 5.41) is 0.515. The molecule has 0 aliphatic carbocycles. The number of aromatic nitrogens is 2. The monoisotopic (exact) mass is 443 g/mol. The van der Waals surface area contributed by atoms with Crippen molar-refractivity contribution in [3.63, 3.8) is 0 Å². The molecule has 0 aliphatic heterocycles. The lowest BCUT2D eigenvalue weighted by atomic mass is 10.2. The number of aromatic amines is 1. The summed E-state index contributed by atoms with van der Waals surface area (Å²) in [5.41, 5.74) is 1.33. The number of para-hydroxylation sites is 1. The highest BCUT2D eigenvalue weighted by Crippen LogP contribution is 2.18. The van der Waals surface area contributed by atoms with Gasteiger partial charge in [0, 0.05) is 6.54 Å². The van der Waals surface area contributed by atoms with E-state index in [1.165, 1.54) is 0 Å². The lowest BCUT2D eigenvalue weighted by Gasteiger charge is -2.22. The van der Waals surface area contributed by atoms with Gasteiger partial charge < -0.3 is 19.4 Å². The number of hydrogen-bond acceptors (Lipinski definition) is 5. The molecule has 1 amide bonds. The van der Waals surface area contributed by atoms with E-state index in [-0.39, 0.29) is 24.6 Å². The van der Waals surface area contributed by atoms with Crippen LogP contribution in [0.4, 0.5) is 0 Å². The molecule has 4 aromatic rings. The van der Waals surface area contributed by atoms with Crippen LogP contribution in [0.5, 0.6) is 11.5 Å². The van der Waals surface area contributed by atoms with Crippen LogP contribution in [-0.2, 0) is 17.9 Å². The van der Waals surface area contributed by atoms with Gasteiger partial charge in [0.05, 0.1) is 24.1 Å². The van der Waals surface area contributed by atoms with Gasteiger partial charge in [-0.3, -0.25) is 9.59 Å². The van der Waals surface area contributed by atoms with E-state index in [0.29, 0.717) is 35.6 Å². The Morgan fingerprint density at radius 1 is 0.879 bits per heavy atom. The Hall–Kier alpha value is -4.13. The molecule has 1 heterocycles. The van der Waals surface area contributed by atoms with Crippen molar-refractivity contribution in [2.75, 3.05) is 13.2 Å². The minimum Gasteiger partial charge on any atom is -0.494 e. The number of carbonyl (C=O) groups excluding carboxylic acids is 1. The lowest BCUT2D eigenvalue weighted by molar-refractivity contribution is -0.134. The maximum absolute atomic E-state index is 13.1. The Bertz CT molecular complexity index is 1270. The zero-order chi connectivity index (χ0) is 23.0. The minimum atomic E-state index is -0.228. The van der Waals surface area contributed by atoms with Crippen LogP contribution >= 0.6 is 0 Å². The number of carbonyl (C=O) groups is 1. The van der Waals surface area contributed by atoms with Gasteiger partial charge in [-0.2, -0.15) is 0 Å². The molecule has 168 valence electrons. The van der Waals surface area contributed by atoms with E-state index >= 15 is 0 Å². The average Bonchev–Trinajstić information content (AvgIpc) is 2.84. The van der Waals surface area contributed by atoms with Crippen LogP contribution in [-0.4, -0.2) is 34.0 Å². The SMILES string of the molecule is CCOc1ccc(OCC(=O)N(Cc2ccccc2)Cc2nc3ccccc3c(=O)[nH]2)cc1. The quantitative estimate of drug-likeness (QED) is 0.424. The van der Waals surface area contributed by atoms with Gasteiger partial charge in [0.15, 0.2) is 6.61 Å². The second-order valence-corrected chi connectivity index (χ2v) is 7.46. The second-order valence-electron chi connectivity index (χ2n) is 7.46. The molecule has 0 saturated heterocycles. The summed E-state index contributed by atoms with van der Waals surface area (Å²) in [6.07, 6.45) is 0. The number of ether oxygens (including phenoxy) is 2. The Morgan fingerprint density at radius 3 is 2.27 bits per heavy atom. The van der Waals surface area contributed by atoms with E-state index in [4.69, 9.17) is 9.47 Å². The van der Waals surface area contributed by atoms with Crippen LogP contribution in [0.25, 0.3) is 10.9 Å². The standard InChI is InChI=1S/C26H25N3O4/c1-2-32-20-12-14-21(15-13-20)33-18-25(30)29(16-19-8-4-3-5-9-19)17-24-27-23-11-7-6-10-22(23)26(31)28-24/h3-15H,2,16-18H2,1H3,(H,27,28,31). The molecule has 1 N–H and O–H groups in total. The maximum atomic E-state index is 13.1. The summed E-state index contributed by atoms with van der Waals surface area (Å²) in [5.74, 6) is 1.52. The van der Waals surface area contributed by atoms with Crippen LogP contribution < -0.4 is 15.0 Å². The number of fused-ring (bicyclic) bond motifs is 1. The van der Waals surface area contributed by atoms with Crippen molar-refractivity contribution in [3.8, 4) is 11.5 Å². The van der Waals surface area contributed by atoms with Crippen molar-refractivity contribution in [1.29, 1.82) is 0 Å². The molecule has 7 heteroatoms. The zero-order valence-electron chi connectivity index (χ0n) is 18.4. The first-order valence-electron chi connectivity index (χ1n) is 10.8. The topological polar surface area (TPSA) is 84.5 Å². The molecular weight excluding hydrogens is 418 g/mol. The Morgan fingerprint density at radius 2 is 1.55 bits per heavy atom. The van der Waals surface area contributed by atoms with Crippen molar-refractivity contribution in [1.82, 2.24) is 14.9 Å². The summed E-state index contributed by atoms with van der Waals surface area (Å²) in [6, 6.07) is 23.9. The van der Waals surface area contributed by atoms with Gasteiger partial charge in [-0.15, -0.1) is 0 Å². The Labute approximate surface area is 191 Å². The molecule has 0 saturated carbocycles. The fourth-order valence-electron chi connectivity index (χ4n) is 3.46. The van der Waals surface area contributed by atoms with Crippen molar-refractivity contribution in [2.45, 2.75) is 20.0 Å². The highest BCUT2D eigenvalue weighted by atomic mass is 16.5. The molecule has 0 radical (unpaired) electrons. The molecule has 0 fully saturated rings. The largest absolute Gasteiger partial charge is 0.494 e. The van der Waals surface area contributed by atoms with Crippen LogP contribution in [0.3, 0.4) is 0 Å². The Kier molecular flexibility index (Phi) is 6.99. The van der Waals surface area contributed by atoms with Crippen molar-refractivity contribution < 1.29 is 14.3 Å². The normalized spacial score (nSPS) is 10.7. The number of nitrogens with zero attached hydrogens (tertiary/aromatic N) is 2. The number of hydrogen-bond donors (Lipinski definition) is 1. The van der Waals surface area contributed by atoms with E-state index in [0.717, 1.165) is 11.3 Å². The minimum absolute atomic E-state index is 0.140. The molecule has 0 atom stereocenters. The first kappa shape index (κ1) is 22.1. The van der Waals surface area contributed by atoms with E-state index in [2.05, 4.69) is 9.97 Å². The Balaban J connectivity index is 1.51. The van der Waals surface area contributed by atoms with Crippen LogP contribution in [0.15, 0.2) is 83.7 Å². The lowest BCUT2D eigenvalue weighted by Crippen LogP contribution is -2.35. The van der Waals surface area contributed by atoms with E-state index < -0.39 is 0 Å². The summed E-state index contributed by atoms with van der Waals surface area (Å²) < 4.78 is 11.1. The molecular formula is C26H25N3O4. The van der Waals surface area contributed by atoms with E-state index in [1.54, 1.807) is 47.4 Å². The van der Waals surface area contributed by atoms with Crippen LogP contribution in [0.2, 0.25) is 0 Å². The third-order valence-corrected chi connectivity index (χ3v) is 5.07. The van der Waals surface area contributed by atoms with Crippen molar-refractivity contribution in [2.24, 2.45) is 0 Å². The molecule has 4 rings (SSSR count). The highest BCUT2D eigenvalue weighted by molar-refractivity contribution is 5.78. The summed E-state index contributed by atoms with van der Waals surface area (Å²) >= 11 is 0. The van der Waals surface area contributed by atoms with E-state index in [9.17, 15) is 9.59 Å². The number of amides is 1. The molecule has 0 aliphatic rings. The van der Waals surface area contributed by atoms with Gasteiger partial charge in [0.1, 0.15) is 17.3 Å². The highest BCUT2D eigenvalue weighted by Gasteiger charge is 2.17. The first-order chi connectivity index (χ1) is 16.1. The van der Waals surface area contributed by atoms with Gasteiger partial charge in [0.2, 0.25) is 0 Å². The third-order valence-electron chi connectivity index (χ3n) is 5.07. The predicted molar refractivity (Wildman–Crippen MR) is 126 cm³/mol. The number of nitrogens with one attached hydrogen (secondary N) is 1. The van der Waals surface area contributed by atoms with Crippen molar-refractivity contribution in [3.05, 3.63) is 101 Å². The summed E-state index contributed by atoms with van der Waals surface area (Å²) in [7, 11) is 0.